The van der Waals surface area contributed by atoms with Gasteiger partial charge in [-0.3, -0.25) is 9.59 Å². The quantitative estimate of drug-likeness (QED) is 0.645. The van der Waals surface area contributed by atoms with E-state index in [1.54, 1.807) is 0 Å². The highest BCUT2D eigenvalue weighted by atomic mass is 16.2. The van der Waals surface area contributed by atoms with Crippen LogP contribution in [0.25, 0.3) is 0 Å². The molecule has 0 aliphatic heterocycles. The Balaban J connectivity index is 3.09. The summed E-state index contributed by atoms with van der Waals surface area (Å²) in [7, 11) is 0. The van der Waals surface area contributed by atoms with Crippen molar-refractivity contribution in [3.05, 3.63) is 34.4 Å². The second-order valence-electron chi connectivity index (χ2n) is 5.81. The number of rotatable bonds is 2. The number of Topliss-reactive ketones (excluding diaryl/α,β-unsaturated/α-hetero) is 1. The molecule has 0 atom stereocenters. The Kier molecular flexibility index (Phi) is 3.95. The van der Waals surface area contributed by atoms with Crippen LogP contribution < -0.4 is 5.32 Å². The fourth-order valence-corrected chi connectivity index (χ4v) is 2.05. The number of aryl methyl sites for hydroxylation is 3. The Morgan fingerprint density at radius 1 is 1.00 bits per heavy atom. The molecule has 0 saturated carbocycles. The summed E-state index contributed by atoms with van der Waals surface area (Å²) in [6.45, 7) is 11.3. The van der Waals surface area contributed by atoms with Gasteiger partial charge in [-0.1, -0.05) is 17.7 Å². The maximum atomic E-state index is 12.2. The first-order valence-corrected chi connectivity index (χ1v) is 6.06. The monoisotopic (exact) mass is 247 g/mol. The maximum Gasteiger partial charge on any atom is 0.292 e. The van der Waals surface area contributed by atoms with Crippen LogP contribution in [0.4, 0.5) is 0 Å². The number of nitrogens with one attached hydrogen (secondary N) is 1. The van der Waals surface area contributed by atoms with E-state index in [9.17, 15) is 9.59 Å². The summed E-state index contributed by atoms with van der Waals surface area (Å²) in [5.74, 6) is -1.00. The molecule has 0 fully saturated rings. The molecule has 98 valence electrons. The van der Waals surface area contributed by atoms with Gasteiger partial charge in [0.15, 0.2) is 0 Å². The Morgan fingerprint density at radius 2 is 1.44 bits per heavy atom. The SMILES string of the molecule is Cc1cc(C)c(C(=O)C(=O)NC(C)(C)C)c(C)c1. The summed E-state index contributed by atoms with van der Waals surface area (Å²) >= 11 is 0. The van der Waals surface area contributed by atoms with Crippen LogP contribution in [0.15, 0.2) is 12.1 Å². The lowest BCUT2D eigenvalue weighted by atomic mass is 9.95. The summed E-state index contributed by atoms with van der Waals surface area (Å²) in [4.78, 5) is 24.1. The number of hydrogen-bond donors (Lipinski definition) is 1. The fourth-order valence-electron chi connectivity index (χ4n) is 2.05. The van der Waals surface area contributed by atoms with Crippen LogP contribution in [-0.4, -0.2) is 17.2 Å². The van der Waals surface area contributed by atoms with E-state index in [-0.39, 0.29) is 0 Å². The molecule has 1 rings (SSSR count). The summed E-state index contributed by atoms with van der Waals surface area (Å²) in [6, 6.07) is 3.84. The van der Waals surface area contributed by atoms with Gasteiger partial charge in [0.05, 0.1) is 0 Å². The van der Waals surface area contributed by atoms with E-state index in [2.05, 4.69) is 5.32 Å². The number of ketones is 1. The Hall–Kier alpha value is -1.64. The van der Waals surface area contributed by atoms with E-state index in [1.807, 2.05) is 53.7 Å². The molecule has 0 aliphatic rings. The number of hydrogen-bond acceptors (Lipinski definition) is 2. The summed E-state index contributed by atoms with van der Waals surface area (Å²) in [5, 5.41) is 2.70. The van der Waals surface area contributed by atoms with Gasteiger partial charge >= 0.3 is 0 Å². The highest BCUT2D eigenvalue weighted by Crippen LogP contribution is 2.17. The van der Waals surface area contributed by atoms with E-state index >= 15 is 0 Å². The Morgan fingerprint density at radius 3 is 1.83 bits per heavy atom. The molecule has 1 N–H and O–H groups in total. The lowest BCUT2D eigenvalue weighted by Crippen LogP contribution is -2.44. The molecule has 0 heterocycles. The van der Waals surface area contributed by atoms with Crippen LogP contribution in [0.5, 0.6) is 0 Å². The number of benzene rings is 1. The largest absolute Gasteiger partial charge is 0.345 e. The fraction of sp³-hybridized carbons (Fsp3) is 0.467. The minimum Gasteiger partial charge on any atom is -0.345 e. The zero-order chi connectivity index (χ0) is 14.1. The Bertz CT molecular complexity index is 473. The average Bonchev–Trinajstić information content (AvgIpc) is 2.12. The van der Waals surface area contributed by atoms with E-state index in [4.69, 9.17) is 0 Å². The van der Waals surface area contributed by atoms with E-state index in [1.165, 1.54) is 0 Å². The highest BCUT2D eigenvalue weighted by Gasteiger charge is 2.24. The second-order valence-corrected chi connectivity index (χ2v) is 5.81. The van der Waals surface area contributed by atoms with Crippen molar-refractivity contribution in [3.8, 4) is 0 Å². The van der Waals surface area contributed by atoms with Gasteiger partial charge in [0.2, 0.25) is 0 Å². The topological polar surface area (TPSA) is 46.2 Å². The third kappa shape index (κ3) is 3.42. The first-order chi connectivity index (χ1) is 8.11. The zero-order valence-electron chi connectivity index (χ0n) is 12.0. The smallest absolute Gasteiger partial charge is 0.292 e. The lowest BCUT2D eigenvalue weighted by molar-refractivity contribution is -0.118. The number of amides is 1. The molecule has 18 heavy (non-hydrogen) atoms. The molecular weight excluding hydrogens is 226 g/mol. The van der Waals surface area contributed by atoms with Crippen LogP contribution in [0.3, 0.4) is 0 Å². The van der Waals surface area contributed by atoms with Crippen molar-refractivity contribution in [3.63, 3.8) is 0 Å². The van der Waals surface area contributed by atoms with Crippen LogP contribution in [0.1, 0.15) is 47.8 Å². The third-order valence-corrected chi connectivity index (χ3v) is 2.60. The molecule has 0 bridgehead atoms. The van der Waals surface area contributed by atoms with Gasteiger partial charge in [0.1, 0.15) is 0 Å². The van der Waals surface area contributed by atoms with Gasteiger partial charge in [-0.2, -0.15) is 0 Å². The maximum absolute atomic E-state index is 12.2. The number of carbonyl (C=O) groups excluding carboxylic acids is 2. The Labute approximate surface area is 109 Å². The van der Waals surface area contributed by atoms with E-state index in [0.29, 0.717) is 5.56 Å². The molecule has 1 aromatic rings. The molecule has 1 amide bonds. The predicted octanol–water partition coefficient (Wildman–Crippen LogP) is 2.71. The van der Waals surface area contributed by atoms with E-state index in [0.717, 1.165) is 16.7 Å². The van der Waals surface area contributed by atoms with Crippen molar-refractivity contribution in [2.45, 2.75) is 47.1 Å². The lowest BCUT2D eigenvalue weighted by Gasteiger charge is -2.20. The standard InChI is InChI=1S/C15H21NO2/c1-9-7-10(2)12(11(3)8-9)13(17)14(18)16-15(4,5)6/h7-8H,1-6H3,(H,16,18). The van der Waals surface area contributed by atoms with Crippen LogP contribution in [0, 0.1) is 20.8 Å². The molecule has 0 radical (unpaired) electrons. The first kappa shape index (κ1) is 14.4. The van der Waals surface area contributed by atoms with Gasteiger partial charge in [-0.25, -0.2) is 0 Å². The van der Waals surface area contributed by atoms with Crippen molar-refractivity contribution < 1.29 is 9.59 Å². The first-order valence-electron chi connectivity index (χ1n) is 6.06. The van der Waals surface area contributed by atoms with Gasteiger partial charge in [-0.15, -0.1) is 0 Å². The van der Waals surface area contributed by atoms with E-state index < -0.39 is 17.2 Å². The zero-order valence-corrected chi connectivity index (χ0v) is 12.0. The minimum absolute atomic E-state index is 0.404. The van der Waals surface area contributed by atoms with Gasteiger partial charge in [-0.05, 0) is 52.7 Å². The second kappa shape index (κ2) is 4.92. The summed E-state index contributed by atoms with van der Waals surface area (Å²) < 4.78 is 0. The normalized spacial score (nSPS) is 11.2. The highest BCUT2D eigenvalue weighted by molar-refractivity contribution is 6.43. The minimum atomic E-state index is -0.544. The van der Waals surface area contributed by atoms with Crippen LogP contribution in [-0.2, 0) is 4.79 Å². The average molecular weight is 247 g/mol. The molecule has 0 aliphatic carbocycles. The third-order valence-electron chi connectivity index (χ3n) is 2.60. The molecule has 3 nitrogen and oxygen atoms in total. The van der Waals surface area contributed by atoms with Gasteiger partial charge in [0, 0.05) is 11.1 Å². The summed E-state index contributed by atoms with van der Waals surface area (Å²) in [5.41, 5.74) is 2.91. The predicted molar refractivity (Wildman–Crippen MR) is 72.9 cm³/mol. The van der Waals surface area contributed by atoms with Gasteiger partial charge < -0.3 is 5.32 Å². The summed E-state index contributed by atoms with van der Waals surface area (Å²) in [6.07, 6.45) is 0. The molecule has 0 unspecified atom stereocenters. The molecular formula is C15H21NO2. The van der Waals surface area contributed by atoms with Crippen molar-refractivity contribution in [1.82, 2.24) is 5.32 Å². The van der Waals surface area contributed by atoms with Crippen molar-refractivity contribution >= 4 is 11.7 Å². The van der Waals surface area contributed by atoms with Crippen molar-refractivity contribution in [1.29, 1.82) is 0 Å². The van der Waals surface area contributed by atoms with Crippen molar-refractivity contribution in [2.75, 3.05) is 0 Å². The van der Waals surface area contributed by atoms with Crippen LogP contribution >= 0.6 is 0 Å². The molecule has 3 heteroatoms. The number of carbonyl (C=O) groups is 2. The van der Waals surface area contributed by atoms with Crippen molar-refractivity contribution in [2.24, 2.45) is 0 Å². The molecule has 0 spiro atoms. The molecule has 0 aromatic heterocycles. The van der Waals surface area contributed by atoms with Gasteiger partial charge in [0.25, 0.3) is 11.7 Å². The molecule has 0 saturated heterocycles. The van der Waals surface area contributed by atoms with Crippen LogP contribution in [0.2, 0.25) is 0 Å². The molecule has 1 aromatic carbocycles.